The molecule has 29 heavy (non-hydrogen) atoms. The monoisotopic (exact) mass is 414 g/mol. The van der Waals surface area contributed by atoms with E-state index in [0.29, 0.717) is 22.7 Å². The van der Waals surface area contributed by atoms with Crippen LogP contribution in [0.5, 0.6) is 11.5 Å². The van der Waals surface area contributed by atoms with Gasteiger partial charge in [-0.15, -0.1) is 0 Å². The number of hydrogen-bond donors (Lipinski definition) is 2. The predicted molar refractivity (Wildman–Crippen MR) is 107 cm³/mol. The highest BCUT2D eigenvalue weighted by Gasteiger charge is 2.16. The van der Waals surface area contributed by atoms with Crippen molar-refractivity contribution in [3.8, 4) is 11.5 Å². The summed E-state index contributed by atoms with van der Waals surface area (Å²) < 4.78 is 37.4. The van der Waals surface area contributed by atoms with Crippen molar-refractivity contribution >= 4 is 27.6 Å². The lowest BCUT2D eigenvalue weighted by Gasteiger charge is -2.11. The van der Waals surface area contributed by atoms with Gasteiger partial charge in [0.1, 0.15) is 0 Å². The van der Waals surface area contributed by atoms with Crippen molar-refractivity contribution in [3.63, 3.8) is 0 Å². The van der Waals surface area contributed by atoms with Crippen molar-refractivity contribution < 1.29 is 22.7 Å². The second-order valence-electron chi connectivity index (χ2n) is 5.73. The summed E-state index contributed by atoms with van der Waals surface area (Å²) in [6.45, 7) is 0. The van der Waals surface area contributed by atoms with Crippen LogP contribution in [0.25, 0.3) is 0 Å². The molecular formula is C19H18N4O5S. The molecule has 0 aliphatic carbocycles. The average Bonchev–Trinajstić information content (AvgIpc) is 2.74. The van der Waals surface area contributed by atoms with E-state index in [-0.39, 0.29) is 16.8 Å². The molecule has 2 aromatic carbocycles. The van der Waals surface area contributed by atoms with Gasteiger partial charge in [-0.3, -0.25) is 4.79 Å². The Morgan fingerprint density at radius 3 is 2.21 bits per heavy atom. The van der Waals surface area contributed by atoms with Crippen LogP contribution in [0.1, 0.15) is 10.4 Å². The standard InChI is InChI=1S/C19H18N4O5S/c1-27-16-9-4-13(12-17(16)28-2)18(24)22-14-5-7-15(8-6-14)29(25,26)23-19-20-10-3-11-21-19/h3-12H,1-2H3,(H,22,24)(H,20,21,23). The number of nitrogens with one attached hydrogen (secondary N) is 2. The van der Waals surface area contributed by atoms with Crippen molar-refractivity contribution in [1.82, 2.24) is 9.97 Å². The molecule has 150 valence electrons. The molecule has 10 heteroatoms. The van der Waals surface area contributed by atoms with Gasteiger partial charge in [0.25, 0.3) is 15.9 Å². The minimum absolute atomic E-state index is 0.00840. The number of amides is 1. The Bertz CT molecular complexity index is 1100. The maximum absolute atomic E-state index is 12.5. The molecule has 3 aromatic rings. The third kappa shape index (κ3) is 4.79. The van der Waals surface area contributed by atoms with Crippen LogP contribution < -0.4 is 19.5 Å². The highest BCUT2D eigenvalue weighted by Crippen LogP contribution is 2.28. The van der Waals surface area contributed by atoms with Crippen molar-refractivity contribution in [3.05, 3.63) is 66.5 Å². The summed E-state index contributed by atoms with van der Waals surface area (Å²) in [5.74, 6) is 0.528. The van der Waals surface area contributed by atoms with Crippen molar-refractivity contribution in [1.29, 1.82) is 0 Å². The zero-order valence-electron chi connectivity index (χ0n) is 15.6. The largest absolute Gasteiger partial charge is 0.493 e. The summed E-state index contributed by atoms with van der Waals surface area (Å²) in [7, 11) is -0.860. The summed E-state index contributed by atoms with van der Waals surface area (Å²) in [5, 5.41) is 2.70. The molecule has 2 N–H and O–H groups in total. The SMILES string of the molecule is COc1ccc(C(=O)Nc2ccc(S(=O)(=O)Nc3ncccn3)cc2)cc1OC. The van der Waals surface area contributed by atoms with E-state index >= 15 is 0 Å². The molecule has 0 aliphatic rings. The second kappa shape index (κ2) is 8.57. The molecule has 0 saturated carbocycles. The van der Waals surface area contributed by atoms with Gasteiger partial charge in [-0.1, -0.05) is 0 Å². The summed E-state index contributed by atoms with van der Waals surface area (Å²) >= 11 is 0. The zero-order chi connectivity index (χ0) is 20.9. The van der Waals surface area contributed by atoms with Crippen molar-refractivity contribution in [2.75, 3.05) is 24.3 Å². The van der Waals surface area contributed by atoms with E-state index in [1.165, 1.54) is 50.9 Å². The van der Waals surface area contributed by atoms with Gasteiger partial charge in [0, 0.05) is 23.6 Å². The van der Waals surface area contributed by atoms with Gasteiger partial charge >= 0.3 is 0 Å². The summed E-state index contributed by atoms with van der Waals surface area (Å²) in [4.78, 5) is 20.1. The van der Waals surface area contributed by atoms with Gasteiger partial charge in [0.2, 0.25) is 5.95 Å². The first-order chi connectivity index (χ1) is 13.9. The maximum Gasteiger partial charge on any atom is 0.264 e. The van der Waals surface area contributed by atoms with Crippen LogP contribution in [0.2, 0.25) is 0 Å². The first kappa shape index (κ1) is 20.1. The molecule has 9 nitrogen and oxygen atoms in total. The zero-order valence-corrected chi connectivity index (χ0v) is 16.4. The molecule has 0 spiro atoms. The number of carbonyl (C=O) groups is 1. The third-order valence-corrected chi connectivity index (χ3v) is 5.20. The smallest absolute Gasteiger partial charge is 0.264 e. The Balaban J connectivity index is 1.73. The van der Waals surface area contributed by atoms with Gasteiger partial charge in [-0.05, 0) is 48.5 Å². The topological polar surface area (TPSA) is 120 Å². The fourth-order valence-corrected chi connectivity index (χ4v) is 3.39. The van der Waals surface area contributed by atoms with Crippen LogP contribution in [-0.2, 0) is 10.0 Å². The molecule has 0 fully saturated rings. The van der Waals surface area contributed by atoms with Crippen molar-refractivity contribution in [2.24, 2.45) is 0 Å². The lowest BCUT2D eigenvalue weighted by atomic mass is 10.2. The molecule has 0 radical (unpaired) electrons. The summed E-state index contributed by atoms with van der Waals surface area (Å²) in [5.41, 5.74) is 0.793. The quantitative estimate of drug-likeness (QED) is 0.610. The average molecular weight is 414 g/mol. The molecule has 1 heterocycles. The minimum Gasteiger partial charge on any atom is -0.493 e. The molecule has 0 unspecified atom stereocenters. The Morgan fingerprint density at radius 1 is 0.931 bits per heavy atom. The number of anilines is 2. The fraction of sp³-hybridized carbons (Fsp3) is 0.105. The van der Waals surface area contributed by atoms with Crippen molar-refractivity contribution in [2.45, 2.75) is 4.90 Å². The molecular weight excluding hydrogens is 396 g/mol. The number of benzene rings is 2. The van der Waals surface area contributed by atoms with Crippen LogP contribution in [0, 0.1) is 0 Å². The lowest BCUT2D eigenvalue weighted by Crippen LogP contribution is -2.15. The molecule has 0 bridgehead atoms. The van der Waals surface area contributed by atoms with E-state index < -0.39 is 10.0 Å². The van der Waals surface area contributed by atoms with E-state index in [9.17, 15) is 13.2 Å². The third-order valence-electron chi connectivity index (χ3n) is 3.86. The molecule has 0 atom stereocenters. The van der Waals surface area contributed by atoms with Crippen LogP contribution in [0.4, 0.5) is 11.6 Å². The number of sulfonamides is 1. The van der Waals surface area contributed by atoms with E-state index in [4.69, 9.17) is 9.47 Å². The van der Waals surface area contributed by atoms with E-state index in [0.717, 1.165) is 0 Å². The highest BCUT2D eigenvalue weighted by atomic mass is 32.2. The van der Waals surface area contributed by atoms with E-state index in [2.05, 4.69) is 20.0 Å². The number of nitrogens with zero attached hydrogens (tertiary/aromatic N) is 2. The Labute approximate surface area is 167 Å². The van der Waals surface area contributed by atoms with E-state index in [1.54, 1.807) is 24.3 Å². The first-order valence-electron chi connectivity index (χ1n) is 8.36. The maximum atomic E-state index is 12.5. The van der Waals surface area contributed by atoms with E-state index in [1.807, 2.05) is 0 Å². The highest BCUT2D eigenvalue weighted by molar-refractivity contribution is 7.92. The molecule has 3 rings (SSSR count). The number of aromatic nitrogens is 2. The summed E-state index contributed by atoms with van der Waals surface area (Å²) in [6.07, 6.45) is 2.86. The molecule has 1 aromatic heterocycles. The van der Waals surface area contributed by atoms with Gasteiger partial charge in [-0.2, -0.15) is 0 Å². The van der Waals surface area contributed by atoms with Gasteiger partial charge < -0.3 is 14.8 Å². The molecule has 0 aliphatic heterocycles. The Kier molecular flexibility index (Phi) is 5.93. The minimum atomic E-state index is -3.85. The molecule has 1 amide bonds. The summed E-state index contributed by atoms with van der Waals surface area (Å²) in [6, 6.07) is 12.1. The van der Waals surface area contributed by atoms with Crippen LogP contribution in [0.3, 0.4) is 0 Å². The fourth-order valence-electron chi connectivity index (χ4n) is 2.43. The Hall–Kier alpha value is -3.66. The van der Waals surface area contributed by atoms with Crippen LogP contribution >= 0.6 is 0 Å². The lowest BCUT2D eigenvalue weighted by molar-refractivity contribution is 0.102. The number of carbonyl (C=O) groups excluding carboxylic acids is 1. The number of ether oxygens (including phenoxy) is 2. The van der Waals surface area contributed by atoms with Crippen LogP contribution in [0.15, 0.2) is 65.8 Å². The Morgan fingerprint density at radius 2 is 1.59 bits per heavy atom. The number of rotatable bonds is 7. The first-order valence-corrected chi connectivity index (χ1v) is 9.84. The van der Waals surface area contributed by atoms with Gasteiger partial charge in [0.15, 0.2) is 11.5 Å². The van der Waals surface area contributed by atoms with Gasteiger partial charge in [-0.25, -0.2) is 23.1 Å². The number of methoxy groups -OCH3 is 2. The van der Waals surface area contributed by atoms with Crippen LogP contribution in [-0.4, -0.2) is 38.5 Å². The normalized spacial score (nSPS) is 10.8. The number of hydrogen-bond acceptors (Lipinski definition) is 7. The molecule has 0 saturated heterocycles. The second-order valence-corrected chi connectivity index (χ2v) is 7.41. The van der Waals surface area contributed by atoms with Gasteiger partial charge in [0.05, 0.1) is 19.1 Å². The predicted octanol–water partition coefficient (Wildman–Crippen LogP) is 2.55.